The number of ether oxygens (including phenoxy) is 2. The number of hydrogen-bond donors (Lipinski definition) is 0. The summed E-state index contributed by atoms with van der Waals surface area (Å²) in [4.78, 5) is 19.9. The fourth-order valence-corrected chi connectivity index (χ4v) is 2.81. The fraction of sp³-hybridized carbons (Fsp3) is 0.136. The molecule has 3 rings (SSSR count). The number of carbonyl (C=O) groups excluding carboxylic acids is 1. The predicted molar refractivity (Wildman–Crippen MR) is 119 cm³/mol. The zero-order chi connectivity index (χ0) is 22.2. The number of nitriles is 1. The van der Waals surface area contributed by atoms with Crippen molar-refractivity contribution in [1.29, 1.82) is 5.26 Å². The van der Waals surface area contributed by atoms with Crippen LogP contribution in [-0.2, 0) is 4.74 Å². The monoisotopic (exact) mass is 435 g/mol. The lowest BCUT2D eigenvalue weighted by molar-refractivity contribution is 0.170. The normalized spacial score (nSPS) is 14.7. The van der Waals surface area contributed by atoms with Gasteiger partial charge in [-0.25, -0.2) is 9.80 Å². The molecule has 1 amide bonds. The molecule has 0 saturated heterocycles. The van der Waals surface area contributed by atoms with Crippen molar-refractivity contribution in [3.05, 3.63) is 77.3 Å². The number of aryl methyl sites for hydroxylation is 1. The molecule has 0 N–H and O–H groups in total. The van der Waals surface area contributed by atoms with Crippen molar-refractivity contribution in [2.75, 3.05) is 13.2 Å². The van der Waals surface area contributed by atoms with Gasteiger partial charge in [0.2, 0.25) is 6.19 Å². The minimum absolute atomic E-state index is 0.0319. The molecule has 1 aliphatic rings. The van der Waals surface area contributed by atoms with E-state index in [1.54, 1.807) is 42.6 Å². The van der Waals surface area contributed by atoms with E-state index in [4.69, 9.17) is 26.3 Å². The molecule has 2 aromatic rings. The summed E-state index contributed by atoms with van der Waals surface area (Å²) in [5.41, 5.74) is 2.27. The summed E-state index contributed by atoms with van der Waals surface area (Å²) in [6, 6.07) is 14.1. The van der Waals surface area contributed by atoms with E-state index in [9.17, 15) is 4.79 Å². The average Bonchev–Trinajstić information content (AvgIpc) is 3.18. The van der Waals surface area contributed by atoms with Crippen LogP contribution >= 0.6 is 11.6 Å². The number of halogens is 1. The summed E-state index contributed by atoms with van der Waals surface area (Å²) >= 11 is 6.14. The molecular weight excluding hydrogens is 418 g/mol. The third kappa shape index (κ3) is 5.56. The van der Waals surface area contributed by atoms with Crippen LogP contribution < -0.4 is 4.74 Å². The number of hydrogen-bond acceptors (Lipinski definition) is 6. The summed E-state index contributed by atoms with van der Waals surface area (Å²) in [6.07, 6.45) is 2.38. The van der Waals surface area contributed by atoms with Crippen LogP contribution in [0.3, 0.4) is 0 Å². The van der Waals surface area contributed by atoms with Gasteiger partial charge in [-0.3, -0.25) is 0 Å². The van der Waals surface area contributed by atoms with Crippen molar-refractivity contribution in [2.24, 2.45) is 15.1 Å². The van der Waals surface area contributed by atoms with Crippen LogP contribution in [0.4, 0.5) is 4.79 Å². The Bertz CT molecular complexity index is 1120. The van der Waals surface area contributed by atoms with E-state index in [1.165, 1.54) is 11.1 Å². The number of hydrazone groups is 1. The summed E-state index contributed by atoms with van der Waals surface area (Å²) in [5, 5.41) is 15.6. The van der Waals surface area contributed by atoms with Gasteiger partial charge in [-0.05, 0) is 36.8 Å². The second-order valence-electron chi connectivity index (χ2n) is 6.30. The van der Waals surface area contributed by atoms with E-state index in [2.05, 4.69) is 21.7 Å². The number of carbonyl (C=O) groups is 1. The molecule has 156 valence electrons. The Labute approximate surface area is 184 Å². The molecule has 0 radical (unpaired) electrons. The van der Waals surface area contributed by atoms with E-state index >= 15 is 0 Å². The van der Waals surface area contributed by atoms with Crippen molar-refractivity contribution >= 4 is 35.1 Å². The lowest BCUT2D eigenvalue weighted by Gasteiger charge is -2.14. The minimum atomic E-state index is -0.780. The maximum Gasteiger partial charge on any atom is 0.434 e. The molecule has 0 bridgehead atoms. The van der Waals surface area contributed by atoms with Crippen LogP contribution in [0, 0.1) is 18.4 Å². The third-order valence-electron chi connectivity index (χ3n) is 4.09. The first-order valence-corrected chi connectivity index (χ1v) is 9.57. The number of amidine groups is 1. The highest BCUT2D eigenvalue weighted by Crippen LogP contribution is 2.21. The number of rotatable bonds is 4. The molecule has 2 aromatic carbocycles. The Morgan fingerprint density at radius 2 is 2.13 bits per heavy atom. The predicted octanol–water partition coefficient (Wildman–Crippen LogP) is 4.35. The van der Waals surface area contributed by atoms with Gasteiger partial charge in [0.15, 0.2) is 0 Å². The second kappa shape index (κ2) is 10.2. The fourth-order valence-electron chi connectivity index (χ4n) is 2.69. The largest absolute Gasteiger partial charge is 0.444 e. The smallest absolute Gasteiger partial charge is 0.434 e. The number of amides is 1. The highest BCUT2D eigenvalue weighted by atomic mass is 35.5. The number of nitrogens with zero attached hydrogens (tertiary/aromatic N) is 5. The molecule has 1 heterocycles. The first-order valence-electron chi connectivity index (χ1n) is 9.19. The first-order chi connectivity index (χ1) is 15.0. The Morgan fingerprint density at radius 3 is 2.81 bits per heavy atom. The molecule has 8 nitrogen and oxygen atoms in total. The molecule has 0 unspecified atom stereocenters. The molecule has 1 aliphatic heterocycles. The molecule has 0 atom stereocenters. The number of para-hydroxylation sites is 1. The van der Waals surface area contributed by atoms with Crippen LogP contribution in [0.1, 0.15) is 11.1 Å². The topological polar surface area (TPSA) is 99.6 Å². The molecule has 31 heavy (non-hydrogen) atoms. The molecular formula is C22H18ClN5O3. The lowest BCUT2D eigenvalue weighted by atomic mass is 10.0. The van der Waals surface area contributed by atoms with Gasteiger partial charge in [0.1, 0.15) is 18.1 Å². The van der Waals surface area contributed by atoms with Crippen LogP contribution in [0.25, 0.3) is 0 Å². The number of benzene rings is 2. The SMILES string of the molecule is C=CCOC(=O)/N=C1\CN(/C(=N\C#N)Oc2ccccc2)N=C1c1ccc(Cl)c(C)c1. The van der Waals surface area contributed by atoms with Crippen molar-refractivity contribution in [2.45, 2.75) is 6.92 Å². The van der Waals surface area contributed by atoms with E-state index in [1.807, 2.05) is 19.1 Å². The summed E-state index contributed by atoms with van der Waals surface area (Å²) in [6.45, 7) is 5.45. The van der Waals surface area contributed by atoms with E-state index in [0.717, 1.165) is 5.56 Å². The average molecular weight is 436 g/mol. The molecule has 0 fully saturated rings. The van der Waals surface area contributed by atoms with Gasteiger partial charge in [0.25, 0.3) is 0 Å². The van der Waals surface area contributed by atoms with E-state index in [-0.39, 0.29) is 19.2 Å². The Morgan fingerprint density at radius 1 is 1.35 bits per heavy atom. The van der Waals surface area contributed by atoms with E-state index < -0.39 is 6.09 Å². The zero-order valence-corrected chi connectivity index (χ0v) is 17.4. The van der Waals surface area contributed by atoms with E-state index in [0.29, 0.717) is 27.8 Å². The highest BCUT2D eigenvalue weighted by Gasteiger charge is 2.29. The van der Waals surface area contributed by atoms with Crippen molar-refractivity contribution in [3.63, 3.8) is 0 Å². The minimum Gasteiger partial charge on any atom is -0.444 e. The first kappa shape index (κ1) is 21.7. The third-order valence-corrected chi connectivity index (χ3v) is 4.52. The van der Waals surface area contributed by atoms with Gasteiger partial charge in [0.05, 0.1) is 12.3 Å². The van der Waals surface area contributed by atoms with Gasteiger partial charge in [0, 0.05) is 10.6 Å². The molecule has 9 heteroatoms. The van der Waals surface area contributed by atoms with Gasteiger partial charge >= 0.3 is 12.1 Å². The van der Waals surface area contributed by atoms with Gasteiger partial charge in [-0.2, -0.15) is 15.4 Å². The van der Waals surface area contributed by atoms with Crippen molar-refractivity contribution in [3.8, 4) is 11.9 Å². The van der Waals surface area contributed by atoms with Crippen LogP contribution in [-0.4, -0.2) is 41.7 Å². The summed E-state index contributed by atoms with van der Waals surface area (Å²) < 4.78 is 10.7. The van der Waals surface area contributed by atoms with Crippen LogP contribution in [0.2, 0.25) is 5.02 Å². The van der Waals surface area contributed by atoms with Crippen molar-refractivity contribution < 1.29 is 14.3 Å². The quantitative estimate of drug-likeness (QED) is 0.307. The van der Waals surface area contributed by atoms with Gasteiger partial charge in [-0.1, -0.05) is 48.5 Å². The molecule has 0 spiro atoms. The molecule has 0 saturated carbocycles. The van der Waals surface area contributed by atoms with Crippen LogP contribution in [0.15, 0.2) is 76.3 Å². The Kier molecular flexibility index (Phi) is 7.14. The summed E-state index contributed by atoms with van der Waals surface area (Å²) in [7, 11) is 0. The van der Waals surface area contributed by atoms with Crippen LogP contribution in [0.5, 0.6) is 5.75 Å². The lowest BCUT2D eigenvalue weighted by Crippen LogP contribution is -2.31. The Balaban J connectivity index is 1.98. The second-order valence-corrected chi connectivity index (χ2v) is 6.71. The molecule has 0 aromatic heterocycles. The zero-order valence-electron chi connectivity index (χ0n) is 16.7. The maximum atomic E-state index is 12.1. The van der Waals surface area contributed by atoms with Crippen molar-refractivity contribution in [1.82, 2.24) is 5.01 Å². The van der Waals surface area contributed by atoms with Gasteiger partial charge < -0.3 is 9.47 Å². The Hall–Kier alpha value is -3.96. The van der Waals surface area contributed by atoms with Gasteiger partial charge in [-0.15, -0.1) is 4.99 Å². The number of aliphatic imine (C=N–C) groups is 2. The standard InChI is InChI=1S/C22H18ClN5O3/c1-3-11-30-22(29)26-19-13-28(21(25-14-24)31-17-7-5-4-6-8-17)27-20(19)16-9-10-18(23)15(2)12-16/h3-10,12H,1,11,13H2,2H3/b25-21+,26-19+. The maximum absolute atomic E-state index is 12.1. The molecule has 0 aliphatic carbocycles. The summed E-state index contributed by atoms with van der Waals surface area (Å²) in [5.74, 6) is 0.478. The highest BCUT2D eigenvalue weighted by molar-refractivity contribution is 6.51.